The minimum absolute atomic E-state index is 0. The Balaban J connectivity index is 0.00000137. The molecule has 1 aromatic rings. The van der Waals surface area contributed by atoms with E-state index in [0.29, 0.717) is 23.5 Å². The number of piperidine rings is 2. The Morgan fingerprint density at radius 2 is 2.15 bits per heavy atom. The predicted octanol–water partition coefficient (Wildman–Crippen LogP) is -0.285. The number of fused-ring (bicyclic) bond motifs is 2. The van der Waals surface area contributed by atoms with Crippen molar-refractivity contribution in [3.63, 3.8) is 0 Å². The number of rotatable bonds is 0. The first-order valence-electron chi connectivity index (χ1n) is 10.2. The zero-order valence-electron chi connectivity index (χ0n) is 15.4. The van der Waals surface area contributed by atoms with Crippen LogP contribution in [0.3, 0.4) is 0 Å². The summed E-state index contributed by atoms with van der Waals surface area (Å²) < 4.78 is 7.72. The number of halogens is 1. The largest absolute Gasteiger partial charge is 1.00 e. The Bertz CT molecular complexity index is 824. The van der Waals surface area contributed by atoms with Gasteiger partial charge in [0.1, 0.15) is 12.6 Å². The number of nitrogens with zero attached hydrogens (tertiary/aromatic N) is 2. The normalized spacial score (nSPS) is 49.0. The van der Waals surface area contributed by atoms with Gasteiger partial charge in [-0.3, -0.25) is 0 Å². The molecule has 1 aliphatic carbocycles. The second-order valence-corrected chi connectivity index (χ2v) is 9.68. The zero-order valence-corrected chi connectivity index (χ0v) is 16.2. The van der Waals surface area contributed by atoms with Gasteiger partial charge in [-0.1, -0.05) is 24.3 Å². The van der Waals surface area contributed by atoms with E-state index >= 15 is 0 Å². The third-order valence-corrected chi connectivity index (χ3v) is 9.03. The summed E-state index contributed by atoms with van der Waals surface area (Å²) in [5.41, 5.74) is 5.36. The van der Waals surface area contributed by atoms with E-state index in [4.69, 9.17) is 4.74 Å². The van der Waals surface area contributed by atoms with Gasteiger partial charge in [0.15, 0.2) is 0 Å². The first-order chi connectivity index (χ1) is 12.2. The smallest absolute Gasteiger partial charge is 0.102 e. The highest BCUT2D eigenvalue weighted by molar-refractivity contribution is 5.67. The third-order valence-electron chi connectivity index (χ3n) is 9.03. The summed E-state index contributed by atoms with van der Waals surface area (Å²) in [6, 6.07) is 10.9. The van der Waals surface area contributed by atoms with Crippen molar-refractivity contribution >= 4 is 5.69 Å². The van der Waals surface area contributed by atoms with E-state index in [1.54, 1.807) is 16.8 Å². The molecule has 0 N–H and O–H groups in total. The fraction of sp³-hybridized carbons (Fsp3) is 0.636. The van der Waals surface area contributed by atoms with E-state index < -0.39 is 0 Å². The lowest BCUT2D eigenvalue weighted by Crippen LogP contribution is -3.00. The molecule has 5 aliphatic heterocycles. The van der Waals surface area contributed by atoms with Crippen molar-refractivity contribution in [2.75, 3.05) is 38.2 Å². The lowest BCUT2D eigenvalue weighted by Gasteiger charge is -2.60. The van der Waals surface area contributed by atoms with Crippen LogP contribution in [0.1, 0.15) is 24.8 Å². The minimum atomic E-state index is 0. The van der Waals surface area contributed by atoms with E-state index in [0.717, 1.165) is 18.6 Å². The lowest BCUT2D eigenvalue weighted by molar-refractivity contribution is -0.925. The van der Waals surface area contributed by atoms with Crippen LogP contribution in [-0.4, -0.2) is 56.0 Å². The average molecular weight is 371 g/mol. The van der Waals surface area contributed by atoms with E-state index in [-0.39, 0.29) is 12.4 Å². The van der Waals surface area contributed by atoms with Crippen molar-refractivity contribution in [1.29, 1.82) is 0 Å². The molecule has 0 amide bonds. The maximum absolute atomic E-state index is 6.44. The number of anilines is 1. The van der Waals surface area contributed by atoms with E-state index in [1.165, 1.54) is 43.4 Å². The Morgan fingerprint density at radius 3 is 3.08 bits per heavy atom. The highest BCUT2D eigenvalue weighted by Gasteiger charge is 2.74. The summed E-state index contributed by atoms with van der Waals surface area (Å²) in [5, 5.41) is 0. The van der Waals surface area contributed by atoms with Crippen LogP contribution in [0.25, 0.3) is 0 Å². The van der Waals surface area contributed by atoms with Gasteiger partial charge in [-0.25, -0.2) is 0 Å². The molecule has 26 heavy (non-hydrogen) atoms. The molecule has 0 radical (unpaired) electrons. The molecule has 7 rings (SSSR count). The molecule has 3 nitrogen and oxygen atoms in total. The molecule has 1 unspecified atom stereocenters. The van der Waals surface area contributed by atoms with Crippen molar-refractivity contribution in [1.82, 2.24) is 0 Å². The predicted molar refractivity (Wildman–Crippen MR) is 97.6 cm³/mol. The van der Waals surface area contributed by atoms with Crippen LogP contribution >= 0.6 is 0 Å². The van der Waals surface area contributed by atoms with Crippen molar-refractivity contribution < 1.29 is 21.6 Å². The molecule has 1 aromatic carbocycles. The Hall–Kier alpha value is -1.03. The van der Waals surface area contributed by atoms with Crippen molar-refractivity contribution in [3.8, 4) is 0 Å². The number of para-hydroxylation sites is 1. The number of quaternary nitrogens is 1. The summed E-state index contributed by atoms with van der Waals surface area (Å²) in [6.07, 6.45) is 6.92. The summed E-state index contributed by atoms with van der Waals surface area (Å²) in [6.45, 7) is 4.66. The Morgan fingerprint density at radius 1 is 1.27 bits per heavy atom. The van der Waals surface area contributed by atoms with Crippen LogP contribution in [0, 0.1) is 11.8 Å². The second kappa shape index (κ2) is 4.87. The topological polar surface area (TPSA) is 12.5 Å². The number of hydrogen-bond acceptors (Lipinski definition) is 2. The van der Waals surface area contributed by atoms with Crippen LogP contribution in [-0.2, 0) is 10.2 Å². The highest BCUT2D eigenvalue weighted by atomic mass is 35.5. The summed E-state index contributed by atoms with van der Waals surface area (Å²) in [7, 11) is 2.55. The van der Waals surface area contributed by atoms with Crippen LogP contribution in [0.5, 0.6) is 0 Å². The first-order valence-corrected chi connectivity index (χ1v) is 10.2. The monoisotopic (exact) mass is 370 g/mol. The van der Waals surface area contributed by atoms with Crippen molar-refractivity contribution in [3.05, 3.63) is 41.5 Å². The second-order valence-electron chi connectivity index (χ2n) is 9.68. The van der Waals surface area contributed by atoms with Crippen LogP contribution in [0.4, 0.5) is 5.69 Å². The highest BCUT2D eigenvalue weighted by Crippen LogP contribution is 2.66. The van der Waals surface area contributed by atoms with Crippen molar-refractivity contribution in [2.24, 2.45) is 11.8 Å². The summed E-state index contributed by atoms with van der Waals surface area (Å²) in [5.74, 6) is 1.48. The van der Waals surface area contributed by atoms with E-state index in [1.807, 2.05) is 0 Å². The quantitative estimate of drug-likeness (QED) is 0.460. The summed E-state index contributed by atoms with van der Waals surface area (Å²) >= 11 is 0. The fourth-order valence-electron chi connectivity index (χ4n) is 8.31. The van der Waals surface area contributed by atoms with Gasteiger partial charge in [0.25, 0.3) is 0 Å². The molecule has 2 bridgehead atoms. The van der Waals surface area contributed by atoms with Gasteiger partial charge in [0.05, 0.1) is 37.8 Å². The van der Waals surface area contributed by atoms with Crippen molar-refractivity contribution in [2.45, 2.75) is 42.9 Å². The van der Waals surface area contributed by atoms with E-state index in [9.17, 15) is 0 Å². The molecule has 3 saturated heterocycles. The van der Waals surface area contributed by atoms with Gasteiger partial charge in [0, 0.05) is 31.0 Å². The molecule has 4 fully saturated rings. The maximum atomic E-state index is 6.44. The minimum Gasteiger partial charge on any atom is -1.00 e. The summed E-state index contributed by atoms with van der Waals surface area (Å²) in [4.78, 5) is 2.82. The molecular weight excluding hydrogens is 344 g/mol. The number of benzene rings is 1. The van der Waals surface area contributed by atoms with Gasteiger partial charge < -0.3 is 26.5 Å². The molecule has 1 saturated carbocycles. The lowest BCUT2D eigenvalue weighted by atomic mass is 9.53. The molecule has 6 aliphatic rings. The number of hydrogen-bond donors (Lipinski definition) is 0. The standard InChI is InChI=1S/C22H27N2O.ClH/c1-24-10-8-22-16-4-2-3-5-17(16)23-9-6-18-20(21(22)23)15(12-19(22)24)14(13-24)7-11-25-18;/h2-5,7,15,18-21H,6,8-13H2,1H3;1H/q+1;/p-1/t15-,18-,19-,20-,21-,22+,24?;/m0./s1. The third kappa shape index (κ3) is 1.54. The van der Waals surface area contributed by atoms with E-state index in [2.05, 4.69) is 42.3 Å². The average Bonchev–Trinajstić information content (AvgIpc) is 3.04. The zero-order chi connectivity index (χ0) is 16.4. The van der Waals surface area contributed by atoms with Gasteiger partial charge in [-0.15, -0.1) is 0 Å². The molecule has 7 atom stereocenters. The van der Waals surface area contributed by atoms with Gasteiger partial charge in [-0.05, 0) is 29.5 Å². The first kappa shape index (κ1) is 16.0. The Labute approximate surface area is 162 Å². The number of likely N-dealkylation sites (N-methyl/N-ethyl adjacent to an activating group) is 1. The van der Waals surface area contributed by atoms with Gasteiger partial charge in [0.2, 0.25) is 0 Å². The fourth-order valence-corrected chi connectivity index (χ4v) is 8.31. The SMILES string of the molecule is C[N+]12CC[C@@]34c5ccccc5N5CC[C@@H]6OCC=C(C1)[C@H](C[C@@H]32)[C@@H]6[C@H]54.[Cl-]. The molecule has 4 heteroatoms. The van der Waals surface area contributed by atoms with Crippen LogP contribution < -0.4 is 17.3 Å². The van der Waals surface area contributed by atoms with Crippen LogP contribution in [0.2, 0.25) is 0 Å². The van der Waals surface area contributed by atoms with Crippen LogP contribution in [0.15, 0.2) is 35.9 Å². The molecule has 138 valence electrons. The molecule has 0 aromatic heterocycles. The number of ether oxygens (including phenoxy) is 1. The molecule has 1 spiro atoms. The molecule has 5 heterocycles. The molecular formula is C22H27ClN2O. The van der Waals surface area contributed by atoms with Gasteiger partial charge >= 0.3 is 0 Å². The maximum Gasteiger partial charge on any atom is 0.102 e. The Kier molecular flexibility index (Phi) is 2.99. The van der Waals surface area contributed by atoms with Gasteiger partial charge in [-0.2, -0.15) is 0 Å².